The van der Waals surface area contributed by atoms with Gasteiger partial charge in [-0.1, -0.05) is 0 Å². The van der Waals surface area contributed by atoms with Gasteiger partial charge in [0.05, 0.1) is 0 Å². The van der Waals surface area contributed by atoms with E-state index >= 15 is 0 Å². The number of nitrogens with one attached hydrogen (secondary N) is 1. The van der Waals surface area contributed by atoms with Gasteiger partial charge < -0.3 is 5.32 Å². The third kappa shape index (κ3) is 3.77. The minimum absolute atomic E-state index is 0.250. The van der Waals surface area contributed by atoms with Crippen molar-refractivity contribution in [3.8, 4) is 0 Å². The predicted octanol–water partition coefficient (Wildman–Crippen LogP) is 0.601. The van der Waals surface area contributed by atoms with Crippen LogP contribution in [0.1, 0.15) is 0 Å². The molecule has 0 aromatic carbocycles. The van der Waals surface area contributed by atoms with Crippen molar-refractivity contribution in [1.82, 2.24) is 4.98 Å². The molecule has 1 aromatic rings. The highest BCUT2D eigenvalue weighted by molar-refractivity contribution is 7.13. The van der Waals surface area contributed by atoms with Crippen molar-refractivity contribution in [2.24, 2.45) is 0 Å². The van der Waals surface area contributed by atoms with E-state index in [1.807, 2.05) is 12.4 Å². The van der Waals surface area contributed by atoms with Gasteiger partial charge in [-0.15, -0.1) is 11.3 Å². The van der Waals surface area contributed by atoms with Crippen LogP contribution in [-0.2, 0) is 9.59 Å². The van der Waals surface area contributed by atoms with E-state index in [4.69, 9.17) is 9.59 Å². The normalized spacial score (nSPS) is 6.90. The molecule has 0 aliphatic rings. The van der Waals surface area contributed by atoms with E-state index in [0.29, 0.717) is 0 Å². The van der Waals surface area contributed by atoms with Crippen LogP contribution in [-0.4, -0.2) is 18.2 Å². The van der Waals surface area contributed by atoms with Gasteiger partial charge in [-0.05, 0) is 0 Å². The summed E-state index contributed by atoms with van der Waals surface area (Å²) in [6, 6.07) is 0. The highest BCUT2D eigenvalue weighted by Crippen LogP contribution is 2.07. The average molecular weight is 158 g/mol. The highest BCUT2D eigenvalue weighted by atomic mass is 32.1. The summed E-state index contributed by atoms with van der Waals surface area (Å²) in [6.07, 6.45) is 2.02. The fraction of sp³-hybridized carbons (Fsp3) is 0.200. The molecular weight excluding hydrogens is 152 g/mol. The molecule has 1 N–H and O–H groups in total. The number of rotatable bonds is 1. The van der Waals surface area contributed by atoms with Crippen molar-refractivity contribution in [3.05, 3.63) is 11.6 Å². The first-order chi connectivity index (χ1) is 4.85. The standard InChI is InChI=1S/C4H6N2S.CO2/c1-5-4-6-2-3-7-4;2-1-3/h2-3H,1H3,(H,5,6);. The molecule has 0 atom stereocenters. The molecule has 0 fully saturated rings. The van der Waals surface area contributed by atoms with Crippen molar-refractivity contribution in [2.45, 2.75) is 0 Å². The first kappa shape index (κ1) is 8.81. The van der Waals surface area contributed by atoms with Crippen LogP contribution in [0.4, 0.5) is 5.13 Å². The Bertz CT molecular complexity index is 191. The maximum absolute atomic E-state index is 8.12. The fourth-order valence-corrected chi connectivity index (χ4v) is 0.837. The molecule has 1 heterocycles. The molecule has 0 unspecified atom stereocenters. The van der Waals surface area contributed by atoms with Gasteiger partial charge in [0.15, 0.2) is 5.13 Å². The Morgan fingerprint density at radius 3 is 2.50 bits per heavy atom. The quantitative estimate of drug-likeness (QED) is 0.650. The number of nitrogens with zero attached hydrogens (tertiary/aromatic N) is 1. The van der Waals surface area contributed by atoms with Crippen molar-refractivity contribution < 1.29 is 9.59 Å². The number of aromatic nitrogens is 1. The van der Waals surface area contributed by atoms with E-state index in [2.05, 4.69) is 10.3 Å². The van der Waals surface area contributed by atoms with Crippen LogP contribution in [0.3, 0.4) is 0 Å². The van der Waals surface area contributed by atoms with Crippen LogP contribution in [0.2, 0.25) is 0 Å². The second kappa shape index (κ2) is 5.94. The van der Waals surface area contributed by atoms with Gasteiger partial charge in [0.1, 0.15) is 0 Å². The van der Waals surface area contributed by atoms with Gasteiger partial charge in [0, 0.05) is 18.6 Å². The van der Waals surface area contributed by atoms with Crippen molar-refractivity contribution >= 4 is 22.6 Å². The van der Waals surface area contributed by atoms with E-state index in [-0.39, 0.29) is 6.15 Å². The molecule has 0 aliphatic carbocycles. The fourth-order valence-electron chi connectivity index (χ4n) is 0.347. The SMILES string of the molecule is CNc1nccs1.O=C=O. The molecule has 10 heavy (non-hydrogen) atoms. The lowest BCUT2D eigenvalue weighted by atomic mass is 11.0. The second-order valence-corrected chi connectivity index (χ2v) is 2.07. The van der Waals surface area contributed by atoms with Crippen LogP contribution in [0.25, 0.3) is 0 Å². The molecule has 0 radical (unpaired) electrons. The number of thiazole rings is 1. The minimum Gasteiger partial charge on any atom is -0.365 e. The maximum atomic E-state index is 8.12. The summed E-state index contributed by atoms with van der Waals surface area (Å²) in [5.74, 6) is 0. The largest absolute Gasteiger partial charge is 0.373 e. The number of hydrogen-bond acceptors (Lipinski definition) is 5. The Labute approximate surface area is 61.9 Å². The van der Waals surface area contributed by atoms with Crippen LogP contribution in [0.5, 0.6) is 0 Å². The first-order valence-corrected chi connectivity index (χ1v) is 3.29. The summed E-state index contributed by atoms with van der Waals surface area (Å²) in [5, 5.41) is 5.82. The molecule has 4 nitrogen and oxygen atoms in total. The molecule has 1 aromatic heterocycles. The Kier molecular flexibility index (Phi) is 5.23. The summed E-state index contributed by atoms with van der Waals surface area (Å²) in [7, 11) is 1.86. The Morgan fingerprint density at radius 2 is 2.30 bits per heavy atom. The van der Waals surface area contributed by atoms with Gasteiger partial charge in [-0.2, -0.15) is 9.59 Å². The third-order valence-corrected chi connectivity index (χ3v) is 1.44. The van der Waals surface area contributed by atoms with Crippen molar-refractivity contribution in [2.75, 3.05) is 12.4 Å². The lowest BCUT2D eigenvalue weighted by molar-refractivity contribution is -0.191. The van der Waals surface area contributed by atoms with E-state index in [1.54, 1.807) is 17.5 Å². The molecule has 0 bridgehead atoms. The van der Waals surface area contributed by atoms with E-state index in [0.717, 1.165) is 5.13 Å². The lowest BCUT2D eigenvalue weighted by Gasteiger charge is -1.84. The molecule has 0 saturated carbocycles. The van der Waals surface area contributed by atoms with Gasteiger partial charge in [-0.25, -0.2) is 4.98 Å². The Balaban J connectivity index is 0.000000236. The Hall–Kier alpha value is -1.19. The zero-order valence-corrected chi connectivity index (χ0v) is 6.14. The molecular formula is C5H6N2O2S. The zero-order valence-electron chi connectivity index (χ0n) is 5.33. The molecule has 5 heteroatoms. The summed E-state index contributed by atoms with van der Waals surface area (Å²) in [6.45, 7) is 0. The topological polar surface area (TPSA) is 59.1 Å². The second-order valence-electron chi connectivity index (χ2n) is 1.17. The van der Waals surface area contributed by atoms with Crippen LogP contribution in [0.15, 0.2) is 11.6 Å². The van der Waals surface area contributed by atoms with Crippen LogP contribution < -0.4 is 5.32 Å². The molecule has 0 spiro atoms. The van der Waals surface area contributed by atoms with Gasteiger partial charge in [-0.3, -0.25) is 0 Å². The summed E-state index contributed by atoms with van der Waals surface area (Å²) in [4.78, 5) is 20.2. The van der Waals surface area contributed by atoms with E-state index in [1.165, 1.54) is 0 Å². The van der Waals surface area contributed by atoms with E-state index < -0.39 is 0 Å². The zero-order chi connectivity index (χ0) is 7.82. The van der Waals surface area contributed by atoms with Crippen LogP contribution >= 0.6 is 11.3 Å². The summed E-state index contributed by atoms with van der Waals surface area (Å²) < 4.78 is 0. The number of anilines is 1. The van der Waals surface area contributed by atoms with Gasteiger partial charge >= 0.3 is 6.15 Å². The smallest absolute Gasteiger partial charge is 0.365 e. The molecule has 0 amide bonds. The molecule has 0 aliphatic heterocycles. The Morgan fingerprint density at radius 1 is 1.70 bits per heavy atom. The predicted molar refractivity (Wildman–Crippen MR) is 36.7 cm³/mol. The van der Waals surface area contributed by atoms with Gasteiger partial charge in [0.2, 0.25) is 0 Å². The molecule has 54 valence electrons. The van der Waals surface area contributed by atoms with E-state index in [9.17, 15) is 0 Å². The lowest BCUT2D eigenvalue weighted by Crippen LogP contribution is -1.83. The number of carbonyl (C=O) groups excluding carboxylic acids is 2. The maximum Gasteiger partial charge on any atom is 0.373 e. The third-order valence-electron chi connectivity index (χ3n) is 0.646. The monoisotopic (exact) mass is 158 g/mol. The molecule has 1 rings (SSSR count). The van der Waals surface area contributed by atoms with Gasteiger partial charge in [0.25, 0.3) is 0 Å². The van der Waals surface area contributed by atoms with Crippen molar-refractivity contribution in [1.29, 1.82) is 0 Å². The minimum atomic E-state index is 0.250. The first-order valence-electron chi connectivity index (χ1n) is 2.41. The molecule has 0 saturated heterocycles. The average Bonchev–Trinajstić information content (AvgIpc) is 2.39. The number of hydrogen-bond donors (Lipinski definition) is 1. The van der Waals surface area contributed by atoms with Crippen LogP contribution in [0, 0.1) is 0 Å². The summed E-state index contributed by atoms with van der Waals surface area (Å²) in [5.41, 5.74) is 0. The highest BCUT2D eigenvalue weighted by Gasteiger charge is 1.82. The summed E-state index contributed by atoms with van der Waals surface area (Å²) >= 11 is 1.60. The van der Waals surface area contributed by atoms with Crippen molar-refractivity contribution in [3.63, 3.8) is 0 Å².